The maximum Gasteiger partial charge on any atom is 0.275 e. The Balaban J connectivity index is 1.36. The molecule has 3 rings (SSSR count). The molecule has 0 spiro atoms. The Labute approximate surface area is 170 Å². The number of quaternary nitrogens is 1. The molecule has 0 saturated carbocycles. The van der Waals surface area contributed by atoms with Crippen molar-refractivity contribution < 1.29 is 9.69 Å². The predicted molar refractivity (Wildman–Crippen MR) is 114 cm³/mol. The summed E-state index contributed by atoms with van der Waals surface area (Å²) in [6.07, 6.45) is 0. The Hall–Kier alpha value is -1.69. The van der Waals surface area contributed by atoms with E-state index in [2.05, 4.69) is 35.3 Å². The summed E-state index contributed by atoms with van der Waals surface area (Å²) < 4.78 is 0. The smallest absolute Gasteiger partial charge is 0.275 e. The number of thioether (sulfide) groups is 1. The number of hydrogen-bond donors (Lipinski definition) is 2. The summed E-state index contributed by atoms with van der Waals surface area (Å²) in [5, 5.41) is 3.82. The van der Waals surface area contributed by atoms with Crippen LogP contribution in [0.25, 0.3) is 0 Å². The number of nitrogens with one attached hydrogen (secondary N) is 2. The number of hydrogen-bond acceptors (Lipinski definition) is 3. The Bertz CT molecular complexity index is 748. The van der Waals surface area contributed by atoms with Crippen LogP contribution in [0.3, 0.4) is 0 Å². The van der Waals surface area contributed by atoms with E-state index in [1.165, 1.54) is 21.0 Å². The molecule has 1 aliphatic heterocycles. The first-order chi connectivity index (χ1) is 13.1. The van der Waals surface area contributed by atoms with Crippen LogP contribution in [0.4, 0.5) is 5.69 Å². The SMILES string of the molecule is Cc1ccc(Cl)cc1N1CC[NH+](CC(=O)NCCSc2ccccc2)CC1. The highest BCUT2D eigenvalue weighted by molar-refractivity contribution is 7.99. The number of halogens is 1. The van der Waals surface area contributed by atoms with E-state index in [0.29, 0.717) is 13.1 Å². The summed E-state index contributed by atoms with van der Waals surface area (Å²) in [5.41, 5.74) is 2.46. The molecule has 4 nitrogen and oxygen atoms in total. The molecule has 1 heterocycles. The monoisotopic (exact) mass is 404 g/mol. The molecule has 6 heteroatoms. The molecule has 0 bridgehead atoms. The second-order valence-corrected chi connectivity index (χ2v) is 8.46. The zero-order valence-electron chi connectivity index (χ0n) is 15.7. The molecule has 144 valence electrons. The number of carbonyl (C=O) groups is 1. The molecule has 0 atom stereocenters. The van der Waals surface area contributed by atoms with Crippen LogP contribution < -0.4 is 15.1 Å². The topological polar surface area (TPSA) is 36.8 Å². The average molecular weight is 405 g/mol. The second kappa shape index (κ2) is 10.0. The molecule has 1 amide bonds. The van der Waals surface area contributed by atoms with Gasteiger partial charge in [-0.05, 0) is 36.8 Å². The fraction of sp³-hybridized carbons (Fsp3) is 0.381. The number of anilines is 1. The summed E-state index contributed by atoms with van der Waals surface area (Å²) in [4.78, 5) is 17.2. The quantitative estimate of drug-likeness (QED) is 0.549. The van der Waals surface area contributed by atoms with Crippen molar-refractivity contribution in [2.75, 3.05) is 49.9 Å². The number of nitrogens with zero attached hydrogens (tertiary/aromatic N) is 1. The van der Waals surface area contributed by atoms with Gasteiger partial charge in [-0.3, -0.25) is 4.79 Å². The zero-order valence-corrected chi connectivity index (χ0v) is 17.3. The number of piperazine rings is 1. The van der Waals surface area contributed by atoms with Crippen molar-refractivity contribution in [1.82, 2.24) is 5.32 Å². The van der Waals surface area contributed by atoms with Gasteiger partial charge in [0.1, 0.15) is 0 Å². The van der Waals surface area contributed by atoms with Gasteiger partial charge in [-0.25, -0.2) is 0 Å². The van der Waals surface area contributed by atoms with E-state index < -0.39 is 0 Å². The van der Waals surface area contributed by atoms with E-state index in [4.69, 9.17) is 11.6 Å². The summed E-state index contributed by atoms with van der Waals surface area (Å²) in [6.45, 7) is 7.22. The molecule has 2 aromatic rings. The van der Waals surface area contributed by atoms with Gasteiger partial charge >= 0.3 is 0 Å². The van der Waals surface area contributed by atoms with Gasteiger partial charge in [-0.2, -0.15) is 0 Å². The highest BCUT2D eigenvalue weighted by Crippen LogP contribution is 2.24. The highest BCUT2D eigenvalue weighted by atomic mass is 35.5. The lowest BCUT2D eigenvalue weighted by atomic mass is 10.1. The molecule has 2 N–H and O–H groups in total. The van der Waals surface area contributed by atoms with Crippen LogP contribution >= 0.6 is 23.4 Å². The van der Waals surface area contributed by atoms with Crippen molar-refractivity contribution in [1.29, 1.82) is 0 Å². The lowest BCUT2D eigenvalue weighted by Gasteiger charge is -2.34. The third-order valence-corrected chi connectivity index (χ3v) is 6.08. The van der Waals surface area contributed by atoms with Crippen LogP contribution in [-0.4, -0.2) is 50.9 Å². The van der Waals surface area contributed by atoms with Gasteiger partial charge in [0.2, 0.25) is 0 Å². The molecule has 0 aromatic heterocycles. The summed E-state index contributed by atoms with van der Waals surface area (Å²) in [6, 6.07) is 16.3. The molecule has 0 radical (unpaired) electrons. The van der Waals surface area contributed by atoms with Gasteiger partial charge in [0.05, 0.1) is 26.2 Å². The summed E-state index contributed by atoms with van der Waals surface area (Å²) >= 11 is 7.92. The van der Waals surface area contributed by atoms with E-state index >= 15 is 0 Å². The molecular weight excluding hydrogens is 378 g/mol. The molecule has 1 fully saturated rings. The summed E-state index contributed by atoms with van der Waals surface area (Å²) in [7, 11) is 0. The van der Waals surface area contributed by atoms with Crippen molar-refractivity contribution in [2.45, 2.75) is 11.8 Å². The first-order valence-electron chi connectivity index (χ1n) is 9.41. The Morgan fingerprint density at radius 1 is 1.19 bits per heavy atom. The number of aryl methyl sites for hydroxylation is 1. The van der Waals surface area contributed by atoms with E-state index in [1.54, 1.807) is 11.8 Å². The molecule has 2 aromatic carbocycles. The van der Waals surface area contributed by atoms with Crippen molar-refractivity contribution in [3.63, 3.8) is 0 Å². The maximum atomic E-state index is 12.2. The number of carbonyl (C=O) groups excluding carboxylic acids is 1. The van der Waals surface area contributed by atoms with Crippen LogP contribution in [0.5, 0.6) is 0 Å². The Morgan fingerprint density at radius 3 is 2.67 bits per heavy atom. The Kier molecular flexibility index (Phi) is 7.44. The van der Waals surface area contributed by atoms with Crippen LogP contribution in [0, 0.1) is 6.92 Å². The molecule has 0 aliphatic carbocycles. The highest BCUT2D eigenvalue weighted by Gasteiger charge is 2.23. The third-order valence-electron chi connectivity index (χ3n) is 4.83. The van der Waals surface area contributed by atoms with E-state index in [0.717, 1.165) is 37.0 Å². The average Bonchev–Trinajstić information content (AvgIpc) is 2.69. The Morgan fingerprint density at radius 2 is 1.93 bits per heavy atom. The lowest BCUT2D eigenvalue weighted by molar-refractivity contribution is -0.892. The fourth-order valence-corrected chi connectivity index (χ4v) is 4.29. The number of rotatable bonds is 7. The normalized spacial score (nSPS) is 15.0. The van der Waals surface area contributed by atoms with Crippen LogP contribution in [-0.2, 0) is 4.79 Å². The van der Waals surface area contributed by atoms with Crippen molar-refractivity contribution in [2.24, 2.45) is 0 Å². The van der Waals surface area contributed by atoms with Crippen molar-refractivity contribution in [3.8, 4) is 0 Å². The second-order valence-electron chi connectivity index (χ2n) is 6.86. The van der Waals surface area contributed by atoms with Crippen LogP contribution in [0.15, 0.2) is 53.4 Å². The van der Waals surface area contributed by atoms with Crippen molar-refractivity contribution >= 4 is 35.0 Å². The first kappa shape index (κ1) is 20.1. The molecule has 0 unspecified atom stereocenters. The lowest BCUT2D eigenvalue weighted by Crippen LogP contribution is -3.16. The standard InChI is InChI=1S/C21H26ClN3OS/c1-17-7-8-18(22)15-20(17)25-12-10-24(11-13-25)16-21(26)23-9-14-27-19-5-3-2-4-6-19/h2-8,15H,9-14,16H2,1H3,(H,23,26)/p+1. The van der Waals surface area contributed by atoms with Gasteiger partial charge in [-0.1, -0.05) is 35.9 Å². The minimum absolute atomic E-state index is 0.144. The molecule has 27 heavy (non-hydrogen) atoms. The number of amides is 1. The minimum atomic E-state index is 0.144. The third kappa shape index (κ3) is 6.16. The molecule has 1 aliphatic rings. The van der Waals surface area contributed by atoms with E-state index in [9.17, 15) is 4.79 Å². The van der Waals surface area contributed by atoms with Crippen molar-refractivity contribution in [3.05, 3.63) is 59.1 Å². The molecular formula is C21H27ClN3OS+. The fourth-order valence-electron chi connectivity index (χ4n) is 3.33. The van der Waals surface area contributed by atoms with Crippen LogP contribution in [0.2, 0.25) is 5.02 Å². The van der Waals surface area contributed by atoms with Gasteiger partial charge in [0.25, 0.3) is 5.91 Å². The largest absolute Gasteiger partial charge is 0.360 e. The van der Waals surface area contributed by atoms with Gasteiger partial charge < -0.3 is 15.1 Å². The zero-order chi connectivity index (χ0) is 19.1. The maximum absolute atomic E-state index is 12.2. The minimum Gasteiger partial charge on any atom is -0.360 e. The number of benzene rings is 2. The van der Waals surface area contributed by atoms with E-state index in [1.807, 2.05) is 30.3 Å². The van der Waals surface area contributed by atoms with E-state index in [-0.39, 0.29) is 5.91 Å². The van der Waals surface area contributed by atoms with Gasteiger partial charge in [0, 0.05) is 27.9 Å². The summed E-state index contributed by atoms with van der Waals surface area (Å²) in [5.74, 6) is 1.04. The molecule has 1 saturated heterocycles. The van der Waals surface area contributed by atoms with Gasteiger partial charge in [0.15, 0.2) is 6.54 Å². The van der Waals surface area contributed by atoms with Gasteiger partial charge in [-0.15, -0.1) is 11.8 Å². The first-order valence-corrected chi connectivity index (χ1v) is 10.8. The van der Waals surface area contributed by atoms with Crippen LogP contribution in [0.1, 0.15) is 5.56 Å². The predicted octanol–water partition coefficient (Wildman–Crippen LogP) is 2.26.